The number of carbonyl (C=O) groups is 3. The van der Waals surface area contributed by atoms with Crippen molar-refractivity contribution >= 4 is 23.2 Å². The molecule has 0 saturated heterocycles. The van der Waals surface area contributed by atoms with Gasteiger partial charge in [-0.15, -0.1) is 0 Å². The number of fused-ring (bicyclic) bond motifs is 3. The lowest BCUT2D eigenvalue weighted by Gasteiger charge is -2.27. The molecule has 6 rings (SSSR count). The summed E-state index contributed by atoms with van der Waals surface area (Å²) in [7, 11) is 0. The lowest BCUT2D eigenvalue weighted by Crippen LogP contribution is -2.37. The van der Waals surface area contributed by atoms with Gasteiger partial charge in [-0.1, -0.05) is 54.6 Å². The number of imidazole rings is 1. The first-order valence-electron chi connectivity index (χ1n) is 11.5. The van der Waals surface area contributed by atoms with Gasteiger partial charge in [-0.05, 0) is 18.2 Å². The van der Waals surface area contributed by atoms with Crippen molar-refractivity contribution in [3.8, 4) is 5.69 Å². The van der Waals surface area contributed by atoms with Gasteiger partial charge in [-0.2, -0.15) is 0 Å². The molecule has 1 aliphatic carbocycles. The predicted octanol–water partition coefficient (Wildman–Crippen LogP) is 3.64. The molecule has 0 spiro atoms. The van der Waals surface area contributed by atoms with Crippen molar-refractivity contribution in [1.82, 2.24) is 14.5 Å². The van der Waals surface area contributed by atoms with E-state index in [2.05, 4.69) is 14.9 Å². The van der Waals surface area contributed by atoms with E-state index in [1.165, 1.54) is 0 Å². The van der Waals surface area contributed by atoms with Crippen LogP contribution in [0.3, 0.4) is 0 Å². The number of hydrogen-bond donors (Lipinski definition) is 1. The molecule has 1 amide bonds. The molecule has 7 heteroatoms. The summed E-state index contributed by atoms with van der Waals surface area (Å²) in [5, 5.41) is 2.87. The van der Waals surface area contributed by atoms with Gasteiger partial charge in [0.2, 0.25) is 5.91 Å². The van der Waals surface area contributed by atoms with E-state index < -0.39 is 0 Å². The highest BCUT2D eigenvalue weighted by atomic mass is 16.2. The van der Waals surface area contributed by atoms with Crippen molar-refractivity contribution in [3.05, 3.63) is 113 Å². The summed E-state index contributed by atoms with van der Waals surface area (Å²) >= 11 is 0. The Morgan fingerprint density at radius 3 is 2.37 bits per heavy atom. The Balaban J connectivity index is 1.19. The number of amides is 1. The summed E-state index contributed by atoms with van der Waals surface area (Å²) < 4.78 is 2.10. The summed E-state index contributed by atoms with van der Waals surface area (Å²) in [6, 6.07) is 21.9. The Hall–Kier alpha value is -4.36. The largest absolute Gasteiger partial charge is 0.324 e. The van der Waals surface area contributed by atoms with Gasteiger partial charge < -0.3 is 9.88 Å². The topological polar surface area (TPSA) is 84.3 Å². The normalized spacial score (nSPS) is 14.7. The molecule has 0 unspecified atom stereocenters. The SMILES string of the molecule is O=C(CN1CCc2c(ncn2-c2ccccc2)C1)Nc1cccc2c1C(=O)c1ccccc1C2=O. The van der Waals surface area contributed by atoms with Gasteiger partial charge in [0, 0.05) is 47.6 Å². The monoisotopic (exact) mass is 462 g/mol. The minimum absolute atomic E-state index is 0.167. The smallest absolute Gasteiger partial charge is 0.238 e. The molecular weight excluding hydrogens is 440 g/mol. The Morgan fingerprint density at radius 1 is 0.857 bits per heavy atom. The minimum atomic E-state index is -0.250. The van der Waals surface area contributed by atoms with Gasteiger partial charge in [-0.25, -0.2) is 4.98 Å². The van der Waals surface area contributed by atoms with E-state index >= 15 is 0 Å². The molecule has 4 aromatic rings. The van der Waals surface area contributed by atoms with Crippen LogP contribution in [0.5, 0.6) is 0 Å². The number of carbonyl (C=O) groups excluding carboxylic acids is 3. The van der Waals surface area contributed by atoms with Crippen LogP contribution < -0.4 is 5.32 Å². The van der Waals surface area contributed by atoms with Crippen molar-refractivity contribution in [2.24, 2.45) is 0 Å². The third-order valence-corrected chi connectivity index (χ3v) is 6.62. The Bertz CT molecular complexity index is 1490. The zero-order valence-corrected chi connectivity index (χ0v) is 18.9. The van der Waals surface area contributed by atoms with Crippen LogP contribution >= 0.6 is 0 Å². The van der Waals surface area contributed by atoms with Gasteiger partial charge in [0.05, 0.1) is 29.8 Å². The lowest BCUT2D eigenvalue weighted by atomic mass is 9.83. The first-order valence-corrected chi connectivity index (χ1v) is 11.5. The van der Waals surface area contributed by atoms with E-state index in [-0.39, 0.29) is 29.6 Å². The molecule has 2 aliphatic rings. The predicted molar refractivity (Wildman–Crippen MR) is 131 cm³/mol. The van der Waals surface area contributed by atoms with Crippen LogP contribution in [0.25, 0.3) is 5.69 Å². The van der Waals surface area contributed by atoms with Gasteiger partial charge in [0.15, 0.2) is 11.6 Å². The fourth-order valence-corrected chi connectivity index (χ4v) is 4.95. The van der Waals surface area contributed by atoms with E-state index in [9.17, 15) is 14.4 Å². The number of para-hydroxylation sites is 1. The highest BCUT2D eigenvalue weighted by molar-refractivity contribution is 6.30. The number of rotatable bonds is 4. The third kappa shape index (κ3) is 3.66. The summed E-state index contributed by atoms with van der Waals surface area (Å²) in [4.78, 5) is 45.7. The van der Waals surface area contributed by atoms with E-state index in [0.717, 1.165) is 30.0 Å². The Kier molecular flexibility index (Phi) is 5.12. The van der Waals surface area contributed by atoms with Crippen LogP contribution in [0.15, 0.2) is 79.1 Å². The summed E-state index contributed by atoms with van der Waals surface area (Å²) in [5.74, 6) is -0.688. The summed E-state index contributed by atoms with van der Waals surface area (Å²) in [6.07, 6.45) is 2.61. The average Bonchev–Trinajstić information content (AvgIpc) is 3.31. The molecular formula is C28H22N4O3. The minimum Gasteiger partial charge on any atom is -0.324 e. The number of hydrogen-bond acceptors (Lipinski definition) is 5. The average molecular weight is 463 g/mol. The van der Waals surface area contributed by atoms with Crippen LogP contribution in [0.1, 0.15) is 43.2 Å². The second kappa shape index (κ2) is 8.45. The zero-order valence-electron chi connectivity index (χ0n) is 18.9. The second-order valence-electron chi connectivity index (χ2n) is 8.78. The van der Waals surface area contributed by atoms with Gasteiger partial charge in [0.25, 0.3) is 0 Å². The standard InChI is InChI=1S/C28H22N4O3/c33-25(16-31-14-13-24-23(15-31)29-17-32(24)18-7-2-1-3-8-18)30-22-12-6-11-21-26(22)28(35)20-10-5-4-9-19(20)27(21)34/h1-12,17H,13-16H2,(H,30,33). The summed E-state index contributed by atoms with van der Waals surface area (Å²) in [5.41, 5.74) is 4.90. The summed E-state index contributed by atoms with van der Waals surface area (Å²) in [6.45, 7) is 1.46. The highest BCUT2D eigenvalue weighted by Gasteiger charge is 2.32. The quantitative estimate of drug-likeness (QED) is 0.441. The molecule has 3 aromatic carbocycles. The van der Waals surface area contributed by atoms with Gasteiger partial charge in [0.1, 0.15) is 0 Å². The number of ketones is 2. The number of benzene rings is 3. The molecule has 0 fully saturated rings. The van der Waals surface area contributed by atoms with Crippen LogP contribution in [0.4, 0.5) is 5.69 Å². The van der Waals surface area contributed by atoms with Crippen LogP contribution in [0, 0.1) is 0 Å². The van der Waals surface area contributed by atoms with Gasteiger partial charge in [-0.3, -0.25) is 19.3 Å². The van der Waals surface area contributed by atoms with Crippen LogP contribution in [-0.4, -0.2) is 45.0 Å². The maximum Gasteiger partial charge on any atom is 0.238 e. The van der Waals surface area contributed by atoms with E-state index in [4.69, 9.17) is 0 Å². The van der Waals surface area contributed by atoms with Crippen molar-refractivity contribution in [2.75, 3.05) is 18.4 Å². The highest BCUT2D eigenvalue weighted by Crippen LogP contribution is 2.32. The first-order chi connectivity index (χ1) is 17.1. The molecule has 0 atom stereocenters. The van der Waals surface area contributed by atoms with E-state index in [1.807, 2.05) is 41.6 Å². The van der Waals surface area contributed by atoms with Crippen molar-refractivity contribution in [2.45, 2.75) is 13.0 Å². The molecule has 7 nitrogen and oxygen atoms in total. The van der Waals surface area contributed by atoms with Crippen molar-refractivity contribution < 1.29 is 14.4 Å². The third-order valence-electron chi connectivity index (χ3n) is 6.62. The van der Waals surface area contributed by atoms with Crippen LogP contribution in [-0.2, 0) is 17.8 Å². The zero-order chi connectivity index (χ0) is 23.9. The maximum atomic E-state index is 13.2. The molecule has 1 aromatic heterocycles. The van der Waals surface area contributed by atoms with Crippen molar-refractivity contribution in [3.63, 3.8) is 0 Å². The molecule has 0 bridgehead atoms. The Labute approximate surface area is 202 Å². The second-order valence-corrected chi connectivity index (χ2v) is 8.78. The molecule has 172 valence electrons. The molecule has 2 heterocycles. The number of aromatic nitrogens is 2. The molecule has 0 radical (unpaired) electrons. The van der Waals surface area contributed by atoms with E-state index in [0.29, 0.717) is 28.9 Å². The molecule has 0 saturated carbocycles. The molecule has 1 aliphatic heterocycles. The van der Waals surface area contributed by atoms with Crippen LogP contribution in [0.2, 0.25) is 0 Å². The molecule has 1 N–H and O–H groups in total. The lowest BCUT2D eigenvalue weighted by molar-refractivity contribution is -0.117. The first kappa shape index (κ1) is 21.2. The maximum absolute atomic E-state index is 13.2. The number of anilines is 1. The number of nitrogens with one attached hydrogen (secondary N) is 1. The van der Waals surface area contributed by atoms with E-state index in [1.54, 1.807) is 42.5 Å². The van der Waals surface area contributed by atoms with Gasteiger partial charge >= 0.3 is 0 Å². The Morgan fingerprint density at radius 2 is 1.57 bits per heavy atom. The molecule has 35 heavy (non-hydrogen) atoms. The fraction of sp³-hybridized carbons (Fsp3) is 0.143. The fourth-order valence-electron chi connectivity index (χ4n) is 4.95. The van der Waals surface area contributed by atoms with Crippen molar-refractivity contribution in [1.29, 1.82) is 0 Å². The number of nitrogens with zero attached hydrogens (tertiary/aromatic N) is 3.